The predicted octanol–water partition coefficient (Wildman–Crippen LogP) is 5.26. The smallest absolute Gasteiger partial charge is 0.342 e. The quantitative estimate of drug-likeness (QED) is 0.341. The zero-order chi connectivity index (χ0) is 20.6. The van der Waals surface area contributed by atoms with Crippen molar-refractivity contribution < 1.29 is 19.1 Å². The SMILES string of the molecule is CC(C)(C)OC(=O)c1c(CCCCCOC(=O)c2ccccc2)ccnc1Cl. The molecule has 0 saturated heterocycles. The summed E-state index contributed by atoms with van der Waals surface area (Å²) < 4.78 is 10.7. The van der Waals surface area contributed by atoms with Crippen LogP contribution in [-0.4, -0.2) is 29.1 Å². The summed E-state index contributed by atoms with van der Waals surface area (Å²) in [6.07, 6.45) is 4.70. The monoisotopic (exact) mass is 403 g/mol. The van der Waals surface area contributed by atoms with Crippen LogP contribution in [0.1, 0.15) is 66.3 Å². The van der Waals surface area contributed by atoms with E-state index in [1.807, 2.05) is 26.8 Å². The number of hydrogen-bond acceptors (Lipinski definition) is 5. The number of benzene rings is 1. The molecule has 0 unspecified atom stereocenters. The number of halogens is 1. The Morgan fingerprint density at radius 2 is 1.71 bits per heavy atom. The summed E-state index contributed by atoms with van der Waals surface area (Å²) in [4.78, 5) is 28.3. The first-order valence-corrected chi connectivity index (χ1v) is 9.74. The highest BCUT2D eigenvalue weighted by Crippen LogP contribution is 2.23. The molecule has 150 valence electrons. The fraction of sp³-hybridized carbons (Fsp3) is 0.409. The van der Waals surface area contributed by atoms with E-state index < -0.39 is 11.6 Å². The Kier molecular flexibility index (Phi) is 8.00. The van der Waals surface area contributed by atoms with Gasteiger partial charge in [0.25, 0.3) is 0 Å². The van der Waals surface area contributed by atoms with Crippen LogP contribution in [0, 0.1) is 0 Å². The molecular formula is C22H26ClNO4. The number of carbonyl (C=O) groups is 2. The van der Waals surface area contributed by atoms with Gasteiger partial charge in [-0.15, -0.1) is 0 Å². The van der Waals surface area contributed by atoms with Crippen LogP contribution in [0.4, 0.5) is 0 Å². The Labute approximate surface area is 171 Å². The molecule has 0 saturated carbocycles. The first-order chi connectivity index (χ1) is 13.3. The highest BCUT2D eigenvalue weighted by molar-refractivity contribution is 6.32. The minimum Gasteiger partial charge on any atom is -0.462 e. The van der Waals surface area contributed by atoms with Gasteiger partial charge in [-0.05, 0) is 70.2 Å². The van der Waals surface area contributed by atoms with Crippen molar-refractivity contribution in [2.24, 2.45) is 0 Å². The van der Waals surface area contributed by atoms with Crippen molar-refractivity contribution in [1.29, 1.82) is 0 Å². The average molecular weight is 404 g/mol. The van der Waals surface area contributed by atoms with Gasteiger partial charge in [0.15, 0.2) is 0 Å². The molecule has 0 fully saturated rings. The average Bonchev–Trinajstić information content (AvgIpc) is 2.63. The largest absolute Gasteiger partial charge is 0.462 e. The second-order valence-corrected chi connectivity index (χ2v) is 7.81. The summed E-state index contributed by atoms with van der Waals surface area (Å²) in [6, 6.07) is 10.7. The van der Waals surface area contributed by atoms with Crippen molar-refractivity contribution in [3.63, 3.8) is 0 Å². The van der Waals surface area contributed by atoms with Crippen molar-refractivity contribution in [2.75, 3.05) is 6.61 Å². The lowest BCUT2D eigenvalue weighted by atomic mass is 10.0. The molecule has 0 N–H and O–H groups in total. The maximum Gasteiger partial charge on any atom is 0.342 e. The Morgan fingerprint density at radius 3 is 2.39 bits per heavy atom. The van der Waals surface area contributed by atoms with Crippen LogP contribution < -0.4 is 0 Å². The van der Waals surface area contributed by atoms with Crippen LogP contribution in [-0.2, 0) is 15.9 Å². The number of esters is 2. The van der Waals surface area contributed by atoms with E-state index in [0.29, 0.717) is 24.2 Å². The minimum atomic E-state index is -0.601. The maximum absolute atomic E-state index is 12.4. The molecule has 0 bridgehead atoms. The number of rotatable bonds is 8. The van der Waals surface area contributed by atoms with Gasteiger partial charge < -0.3 is 9.47 Å². The number of ether oxygens (including phenoxy) is 2. The summed E-state index contributed by atoms with van der Waals surface area (Å²) in [7, 11) is 0. The second-order valence-electron chi connectivity index (χ2n) is 7.45. The molecule has 28 heavy (non-hydrogen) atoms. The Balaban J connectivity index is 1.81. The molecule has 0 aliphatic heterocycles. The van der Waals surface area contributed by atoms with Crippen molar-refractivity contribution in [3.05, 3.63) is 64.4 Å². The molecule has 5 nitrogen and oxygen atoms in total. The number of unbranched alkanes of at least 4 members (excludes halogenated alkanes) is 2. The molecule has 6 heteroatoms. The van der Waals surface area contributed by atoms with Gasteiger partial charge in [0.05, 0.1) is 12.2 Å². The number of carbonyl (C=O) groups excluding carboxylic acids is 2. The van der Waals surface area contributed by atoms with Crippen LogP contribution in [0.15, 0.2) is 42.6 Å². The molecule has 2 rings (SSSR count). The number of pyridine rings is 1. The van der Waals surface area contributed by atoms with Crippen LogP contribution in [0.25, 0.3) is 0 Å². The summed E-state index contributed by atoms with van der Waals surface area (Å²) in [5.41, 5.74) is 1.09. The van der Waals surface area contributed by atoms with Gasteiger partial charge in [-0.25, -0.2) is 14.6 Å². The first-order valence-electron chi connectivity index (χ1n) is 9.37. The molecule has 0 aliphatic carbocycles. The normalized spacial score (nSPS) is 11.1. The lowest BCUT2D eigenvalue weighted by molar-refractivity contribution is 0.00677. The molecule has 0 radical (unpaired) electrons. The summed E-state index contributed by atoms with van der Waals surface area (Å²) in [6.45, 7) is 5.80. The van der Waals surface area contributed by atoms with Gasteiger partial charge in [-0.1, -0.05) is 29.8 Å². The van der Waals surface area contributed by atoms with Gasteiger partial charge in [0, 0.05) is 6.20 Å². The van der Waals surface area contributed by atoms with Crippen LogP contribution in [0.3, 0.4) is 0 Å². The summed E-state index contributed by atoms with van der Waals surface area (Å²) in [5.74, 6) is -0.772. The standard InChI is InChI=1S/C22H26ClNO4/c1-22(2,3)28-21(26)18-16(13-14-24-19(18)23)10-8-5-9-15-27-20(25)17-11-6-4-7-12-17/h4,6-7,11-14H,5,8-10,15H2,1-3H3. The number of nitrogens with zero attached hydrogens (tertiary/aromatic N) is 1. The summed E-state index contributed by atoms with van der Waals surface area (Å²) in [5, 5.41) is 0.156. The predicted molar refractivity (Wildman–Crippen MR) is 109 cm³/mol. The van der Waals surface area contributed by atoms with Crippen molar-refractivity contribution in [2.45, 2.75) is 52.1 Å². The third kappa shape index (κ3) is 6.97. The van der Waals surface area contributed by atoms with Crippen LogP contribution >= 0.6 is 11.6 Å². The highest BCUT2D eigenvalue weighted by Gasteiger charge is 2.23. The van der Waals surface area contributed by atoms with Crippen molar-refractivity contribution in [3.8, 4) is 0 Å². The van der Waals surface area contributed by atoms with E-state index in [1.165, 1.54) is 0 Å². The Hall–Kier alpha value is -2.40. The van der Waals surface area contributed by atoms with Gasteiger partial charge in [0.2, 0.25) is 0 Å². The van der Waals surface area contributed by atoms with Gasteiger partial charge in [0.1, 0.15) is 16.3 Å². The van der Waals surface area contributed by atoms with Gasteiger partial charge >= 0.3 is 11.9 Å². The fourth-order valence-corrected chi connectivity index (χ4v) is 2.90. The van der Waals surface area contributed by atoms with E-state index in [0.717, 1.165) is 24.8 Å². The highest BCUT2D eigenvalue weighted by atomic mass is 35.5. The molecule has 2 aromatic rings. The summed E-state index contributed by atoms with van der Waals surface area (Å²) >= 11 is 6.14. The van der Waals surface area contributed by atoms with E-state index in [2.05, 4.69) is 4.98 Å². The number of aryl methyl sites for hydroxylation is 1. The fourth-order valence-electron chi connectivity index (χ4n) is 2.64. The number of aromatic nitrogens is 1. The van der Waals surface area contributed by atoms with E-state index in [4.69, 9.17) is 21.1 Å². The lowest BCUT2D eigenvalue weighted by Gasteiger charge is -2.20. The molecule has 1 aromatic carbocycles. The molecule has 0 aliphatic rings. The maximum atomic E-state index is 12.4. The zero-order valence-electron chi connectivity index (χ0n) is 16.5. The second kappa shape index (κ2) is 10.2. The Morgan fingerprint density at radius 1 is 1.00 bits per heavy atom. The minimum absolute atomic E-state index is 0.156. The molecule has 1 aromatic heterocycles. The van der Waals surface area contributed by atoms with Gasteiger partial charge in [-0.3, -0.25) is 0 Å². The molecular weight excluding hydrogens is 378 g/mol. The molecule has 0 amide bonds. The first kappa shape index (κ1) is 21.9. The van der Waals surface area contributed by atoms with E-state index in [-0.39, 0.29) is 11.1 Å². The van der Waals surface area contributed by atoms with Crippen LogP contribution in [0.2, 0.25) is 5.15 Å². The zero-order valence-corrected chi connectivity index (χ0v) is 17.3. The Bertz CT molecular complexity index is 800. The molecule has 0 spiro atoms. The van der Waals surface area contributed by atoms with Crippen LogP contribution in [0.5, 0.6) is 0 Å². The lowest BCUT2D eigenvalue weighted by Crippen LogP contribution is -2.25. The van der Waals surface area contributed by atoms with Crippen molar-refractivity contribution >= 4 is 23.5 Å². The topological polar surface area (TPSA) is 65.5 Å². The third-order valence-electron chi connectivity index (χ3n) is 3.93. The van der Waals surface area contributed by atoms with E-state index in [1.54, 1.807) is 36.5 Å². The number of hydrogen-bond donors (Lipinski definition) is 0. The third-order valence-corrected chi connectivity index (χ3v) is 4.21. The molecule has 0 atom stereocenters. The molecule has 1 heterocycles. The van der Waals surface area contributed by atoms with Crippen molar-refractivity contribution in [1.82, 2.24) is 4.98 Å². The van der Waals surface area contributed by atoms with E-state index in [9.17, 15) is 9.59 Å². The van der Waals surface area contributed by atoms with E-state index >= 15 is 0 Å². The van der Waals surface area contributed by atoms with Gasteiger partial charge in [-0.2, -0.15) is 0 Å².